The molecule has 0 spiro atoms. The van der Waals surface area contributed by atoms with Gasteiger partial charge < -0.3 is 9.30 Å². The minimum absolute atomic E-state index is 0.184. The van der Waals surface area contributed by atoms with Gasteiger partial charge in [0.05, 0.1) is 17.9 Å². The number of methoxy groups -OCH3 is 1. The highest BCUT2D eigenvalue weighted by molar-refractivity contribution is 6.30. The summed E-state index contributed by atoms with van der Waals surface area (Å²) in [6, 6.07) is 9.26. The lowest BCUT2D eigenvalue weighted by Gasteiger charge is -2.05. The second kappa shape index (κ2) is 6.51. The van der Waals surface area contributed by atoms with Gasteiger partial charge in [-0.15, -0.1) is 10.2 Å². The molecule has 0 unspecified atom stereocenters. The fourth-order valence-electron chi connectivity index (χ4n) is 3.03. The molecular formula is C18H16ClN5O2. The summed E-state index contributed by atoms with van der Waals surface area (Å²) in [5.74, 6) is 0. The normalized spacial score (nSPS) is 11.5. The van der Waals surface area contributed by atoms with Gasteiger partial charge in [0, 0.05) is 24.9 Å². The predicted octanol–water partition coefficient (Wildman–Crippen LogP) is 2.93. The molecule has 0 saturated carbocycles. The van der Waals surface area contributed by atoms with Crippen molar-refractivity contribution in [3.8, 4) is 11.1 Å². The first-order chi connectivity index (χ1) is 12.6. The molecule has 0 amide bonds. The molecule has 26 heavy (non-hydrogen) atoms. The van der Waals surface area contributed by atoms with Crippen LogP contribution in [0.25, 0.3) is 27.8 Å². The summed E-state index contributed by atoms with van der Waals surface area (Å²) in [6.07, 6.45) is 1.74. The molecule has 4 aromatic rings. The Bertz CT molecular complexity index is 1160. The summed E-state index contributed by atoms with van der Waals surface area (Å²) in [6.45, 7) is 2.79. The standard InChI is InChI=1S/C18H16ClN5O2/c1-3-23-9-8-14-16(18(23)25)20-21-17-15(11-4-6-12(19)7-5-11)13(10-26-2)22-24(14)17/h4-9H,3,10H2,1-2H3. The van der Waals surface area contributed by atoms with Gasteiger partial charge in [-0.05, 0) is 30.7 Å². The Hall–Kier alpha value is -2.77. The lowest BCUT2D eigenvalue weighted by Crippen LogP contribution is -2.20. The number of hydrogen-bond acceptors (Lipinski definition) is 5. The predicted molar refractivity (Wildman–Crippen MR) is 99.4 cm³/mol. The second-order valence-corrected chi connectivity index (χ2v) is 6.27. The molecule has 0 N–H and O–H groups in total. The van der Waals surface area contributed by atoms with Gasteiger partial charge in [-0.2, -0.15) is 5.10 Å². The summed E-state index contributed by atoms with van der Waals surface area (Å²) >= 11 is 6.01. The van der Waals surface area contributed by atoms with Crippen LogP contribution in [0.3, 0.4) is 0 Å². The average Bonchev–Trinajstić information content (AvgIpc) is 3.01. The summed E-state index contributed by atoms with van der Waals surface area (Å²) < 4.78 is 8.54. The molecule has 0 fully saturated rings. The second-order valence-electron chi connectivity index (χ2n) is 5.84. The number of hydrogen-bond donors (Lipinski definition) is 0. The number of nitrogens with zero attached hydrogens (tertiary/aromatic N) is 5. The number of pyridine rings is 1. The van der Waals surface area contributed by atoms with Crippen LogP contribution in [-0.2, 0) is 17.9 Å². The number of benzene rings is 1. The zero-order chi connectivity index (χ0) is 18.3. The van der Waals surface area contributed by atoms with Crippen LogP contribution in [0.4, 0.5) is 0 Å². The van der Waals surface area contributed by atoms with Crippen molar-refractivity contribution in [1.82, 2.24) is 24.4 Å². The van der Waals surface area contributed by atoms with Crippen molar-refractivity contribution in [2.75, 3.05) is 7.11 Å². The van der Waals surface area contributed by atoms with Crippen LogP contribution < -0.4 is 5.56 Å². The minimum Gasteiger partial charge on any atom is -0.378 e. The molecule has 3 heterocycles. The third kappa shape index (κ3) is 2.56. The van der Waals surface area contributed by atoms with Crippen LogP contribution in [0, 0.1) is 0 Å². The molecule has 3 aromatic heterocycles. The zero-order valence-corrected chi connectivity index (χ0v) is 15.1. The minimum atomic E-state index is -0.184. The van der Waals surface area contributed by atoms with E-state index in [2.05, 4.69) is 15.3 Å². The van der Waals surface area contributed by atoms with E-state index in [-0.39, 0.29) is 11.1 Å². The molecule has 0 aliphatic rings. The summed E-state index contributed by atoms with van der Waals surface area (Å²) in [5, 5.41) is 13.8. The van der Waals surface area contributed by atoms with E-state index in [1.807, 2.05) is 37.3 Å². The first kappa shape index (κ1) is 16.7. The Morgan fingerprint density at radius 1 is 1.15 bits per heavy atom. The highest BCUT2D eigenvalue weighted by atomic mass is 35.5. The fourth-order valence-corrected chi connectivity index (χ4v) is 3.15. The summed E-state index contributed by atoms with van der Waals surface area (Å²) in [7, 11) is 1.61. The Labute approximate surface area is 153 Å². The molecule has 0 aliphatic carbocycles. The van der Waals surface area contributed by atoms with Crippen molar-refractivity contribution >= 4 is 28.3 Å². The van der Waals surface area contributed by atoms with Gasteiger partial charge in [0.15, 0.2) is 11.2 Å². The Kier molecular flexibility index (Phi) is 4.18. The molecule has 0 bridgehead atoms. The topological polar surface area (TPSA) is 74.3 Å². The van der Waals surface area contributed by atoms with Gasteiger partial charge in [0.25, 0.3) is 5.56 Å². The molecule has 0 radical (unpaired) electrons. The monoisotopic (exact) mass is 369 g/mol. The van der Waals surface area contributed by atoms with Gasteiger partial charge in [-0.1, -0.05) is 23.7 Å². The van der Waals surface area contributed by atoms with Gasteiger partial charge in [0.2, 0.25) is 0 Å². The average molecular weight is 370 g/mol. The van der Waals surface area contributed by atoms with E-state index >= 15 is 0 Å². The number of aromatic nitrogens is 5. The van der Waals surface area contributed by atoms with Crippen LogP contribution >= 0.6 is 11.6 Å². The molecular weight excluding hydrogens is 354 g/mol. The number of aryl methyl sites for hydroxylation is 1. The molecule has 1 aromatic carbocycles. The highest BCUT2D eigenvalue weighted by Crippen LogP contribution is 2.29. The Morgan fingerprint density at radius 2 is 1.92 bits per heavy atom. The molecule has 0 atom stereocenters. The van der Waals surface area contributed by atoms with Crippen LogP contribution in [0.15, 0.2) is 41.3 Å². The summed E-state index contributed by atoms with van der Waals surface area (Å²) in [4.78, 5) is 12.5. The smallest absolute Gasteiger partial charge is 0.280 e. The quantitative estimate of drug-likeness (QED) is 0.553. The maximum absolute atomic E-state index is 12.5. The van der Waals surface area contributed by atoms with Crippen molar-refractivity contribution in [1.29, 1.82) is 0 Å². The molecule has 0 aliphatic heterocycles. The zero-order valence-electron chi connectivity index (χ0n) is 14.3. The van der Waals surface area contributed by atoms with Crippen molar-refractivity contribution in [3.63, 3.8) is 0 Å². The third-order valence-electron chi connectivity index (χ3n) is 4.28. The SMILES string of the molecule is CCn1ccc2c(nnc3c(-c4ccc(Cl)cc4)c(COC)nn32)c1=O. The van der Waals surface area contributed by atoms with Crippen molar-refractivity contribution in [2.24, 2.45) is 0 Å². The van der Waals surface area contributed by atoms with E-state index in [4.69, 9.17) is 16.3 Å². The molecule has 8 heteroatoms. The maximum Gasteiger partial charge on any atom is 0.280 e. The van der Waals surface area contributed by atoms with E-state index in [1.54, 1.807) is 22.4 Å². The summed E-state index contributed by atoms with van der Waals surface area (Å²) in [5.41, 5.74) is 3.73. The van der Waals surface area contributed by atoms with Crippen molar-refractivity contribution in [3.05, 3.63) is 57.6 Å². The van der Waals surface area contributed by atoms with Gasteiger partial charge >= 0.3 is 0 Å². The van der Waals surface area contributed by atoms with Crippen molar-refractivity contribution in [2.45, 2.75) is 20.1 Å². The van der Waals surface area contributed by atoms with Crippen LogP contribution in [0.5, 0.6) is 0 Å². The first-order valence-corrected chi connectivity index (χ1v) is 8.54. The molecule has 0 saturated heterocycles. The van der Waals surface area contributed by atoms with Crippen LogP contribution in [0.2, 0.25) is 5.02 Å². The lowest BCUT2D eigenvalue weighted by atomic mass is 10.1. The Balaban J connectivity index is 2.06. The number of rotatable bonds is 4. The lowest BCUT2D eigenvalue weighted by molar-refractivity contribution is 0.181. The van der Waals surface area contributed by atoms with E-state index in [0.29, 0.717) is 29.3 Å². The molecule has 4 rings (SSSR count). The van der Waals surface area contributed by atoms with E-state index in [9.17, 15) is 4.79 Å². The number of halogens is 1. The van der Waals surface area contributed by atoms with E-state index < -0.39 is 0 Å². The third-order valence-corrected chi connectivity index (χ3v) is 4.53. The maximum atomic E-state index is 12.5. The fraction of sp³-hybridized carbons (Fsp3) is 0.222. The first-order valence-electron chi connectivity index (χ1n) is 8.16. The molecule has 7 nitrogen and oxygen atoms in total. The van der Waals surface area contributed by atoms with Gasteiger partial charge in [0.1, 0.15) is 5.52 Å². The van der Waals surface area contributed by atoms with E-state index in [1.165, 1.54) is 0 Å². The number of ether oxygens (including phenoxy) is 1. The van der Waals surface area contributed by atoms with E-state index in [0.717, 1.165) is 16.8 Å². The van der Waals surface area contributed by atoms with Gasteiger partial charge in [-0.25, -0.2) is 4.52 Å². The van der Waals surface area contributed by atoms with Crippen molar-refractivity contribution < 1.29 is 4.74 Å². The van der Waals surface area contributed by atoms with Crippen LogP contribution in [0.1, 0.15) is 12.6 Å². The van der Waals surface area contributed by atoms with Gasteiger partial charge in [-0.3, -0.25) is 4.79 Å². The largest absolute Gasteiger partial charge is 0.378 e. The highest BCUT2D eigenvalue weighted by Gasteiger charge is 2.19. The molecule has 132 valence electrons. The Morgan fingerprint density at radius 3 is 2.62 bits per heavy atom. The van der Waals surface area contributed by atoms with Crippen LogP contribution in [-0.4, -0.2) is 31.5 Å². The number of fused-ring (bicyclic) bond motifs is 3.